The molecular weight excluding hydrogens is 338 g/mol. The molecule has 25 heavy (non-hydrogen) atoms. The van der Waals surface area contributed by atoms with Gasteiger partial charge in [0.15, 0.2) is 5.82 Å². The number of aromatic nitrogens is 2. The maximum Gasteiger partial charge on any atom is 0.236 e. The molecule has 0 saturated carbocycles. The molecule has 1 aliphatic heterocycles. The van der Waals surface area contributed by atoms with E-state index >= 15 is 0 Å². The van der Waals surface area contributed by atoms with Gasteiger partial charge in [0.05, 0.1) is 17.5 Å². The number of benzene rings is 1. The fraction of sp³-hybridized carbons (Fsp3) is 0.471. The molecule has 2 N–H and O–H groups in total. The van der Waals surface area contributed by atoms with Crippen molar-refractivity contribution < 1.29 is 9.32 Å². The number of carbonyl (C=O) groups excluding carboxylic acids is 1. The molecule has 1 amide bonds. The molecule has 0 aliphatic carbocycles. The van der Waals surface area contributed by atoms with Gasteiger partial charge in [0.2, 0.25) is 11.8 Å². The Morgan fingerprint density at radius 2 is 2.24 bits per heavy atom. The Balaban J connectivity index is 1.44. The maximum absolute atomic E-state index is 12.0. The molecule has 7 nitrogen and oxygen atoms in total. The van der Waals surface area contributed by atoms with Gasteiger partial charge >= 0.3 is 0 Å². The summed E-state index contributed by atoms with van der Waals surface area (Å²) >= 11 is 1.46. The van der Waals surface area contributed by atoms with E-state index in [1.165, 1.54) is 17.3 Å². The van der Waals surface area contributed by atoms with E-state index in [0.29, 0.717) is 23.2 Å². The van der Waals surface area contributed by atoms with Gasteiger partial charge in [-0.15, -0.1) is 11.8 Å². The summed E-state index contributed by atoms with van der Waals surface area (Å²) in [5.74, 6) is 2.09. The lowest BCUT2D eigenvalue weighted by molar-refractivity contribution is -0.113. The van der Waals surface area contributed by atoms with Crippen LogP contribution in [0.2, 0.25) is 0 Å². The number of nitrogens with zero attached hydrogens (tertiary/aromatic N) is 3. The molecule has 0 radical (unpaired) electrons. The Hall–Kier alpha value is -1.90. The first kappa shape index (κ1) is 17.9. The zero-order valence-electron chi connectivity index (χ0n) is 14.5. The quantitative estimate of drug-likeness (QED) is 0.812. The van der Waals surface area contributed by atoms with Crippen LogP contribution in [-0.4, -0.2) is 53.4 Å². The molecule has 3 rings (SSSR count). The zero-order chi connectivity index (χ0) is 17.6. The van der Waals surface area contributed by atoms with Crippen LogP contribution in [0.1, 0.15) is 23.3 Å². The summed E-state index contributed by atoms with van der Waals surface area (Å²) in [6, 6.07) is 7.88. The van der Waals surface area contributed by atoms with Crippen molar-refractivity contribution in [3.05, 3.63) is 41.5 Å². The van der Waals surface area contributed by atoms with Crippen molar-refractivity contribution >= 4 is 23.4 Å². The minimum atomic E-state index is -0.0372. The summed E-state index contributed by atoms with van der Waals surface area (Å²) in [5.41, 5.74) is 1.97. The van der Waals surface area contributed by atoms with Gasteiger partial charge in [0.1, 0.15) is 0 Å². The van der Waals surface area contributed by atoms with Crippen molar-refractivity contribution in [1.82, 2.24) is 20.4 Å². The van der Waals surface area contributed by atoms with Crippen LogP contribution < -0.4 is 10.6 Å². The van der Waals surface area contributed by atoms with Crippen molar-refractivity contribution in [2.24, 2.45) is 0 Å². The highest BCUT2D eigenvalue weighted by molar-refractivity contribution is 7.99. The molecule has 1 aromatic carbocycles. The molecular formula is C17H23N5O2S. The molecule has 1 unspecified atom stereocenters. The lowest BCUT2D eigenvalue weighted by atomic mass is 10.2. The van der Waals surface area contributed by atoms with E-state index < -0.39 is 0 Å². The zero-order valence-corrected chi connectivity index (χ0v) is 15.3. The number of carbonyl (C=O) groups is 1. The number of aryl methyl sites for hydroxylation is 1. The summed E-state index contributed by atoms with van der Waals surface area (Å²) in [5, 5.41) is 10.3. The van der Waals surface area contributed by atoms with Gasteiger partial charge in [-0.05, 0) is 26.1 Å². The molecule has 1 saturated heterocycles. The molecule has 0 bridgehead atoms. The summed E-state index contributed by atoms with van der Waals surface area (Å²) < 4.78 is 5.31. The number of hydrogen-bond donors (Lipinski definition) is 2. The smallest absolute Gasteiger partial charge is 0.236 e. The van der Waals surface area contributed by atoms with Crippen LogP contribution in [0, 0.1) is 6.92 Å². The number of piperazine rings is 1. The average molecular weight is 361 g/mol. The number of rotatable bonds is 6. The van der Waals surface area contributed by atoms with E-state index in [4.69, 9.17) is 4.52 Å². The van der Waals surface area contributed by atoms with Crippen LogP contribution in [0.4, 0.5) is 5.69 Å². The van der Waals surface area contributed by atoms with Crippen molar-refractivity contribution in [3.63, 3.8) is 0 Å². The van der Waals surface area contributed by atoms with Crippen LogP contribution in [0.25, 0.3) is 0 Å². The first-order valence-corrected chi connectivity index (χ1v) is 9.45. The van der Waals surface area contributed by atoms with Crippen LogP contribution in [0.3, 0.4) is 0 Å². The maximum atomic E-state index is 12.0. The molecule has 0 spiro atoms. The Bertz CT molecular complexity index is 703. The third-order valence-corrected chi connectivity index (χ3v) is 5.00. The molecule has 1 aromatic heterocycles. The number of thioether (sulfide) groups is 1. The lowest BCUT2D eigenvalue weighted by Gasteiger charge is -2.30. The molecule has 8 heteroatoms. The molecule has 2 aromatic rings. The van der Waals surface area contributed by atoms with Gasteiger partial charge < -0.3 is 15.2 Å². The van der Waals surface area contributed by atoms with Gasteiger partial charge in [-0.3, -0.25) is 9.69 Å². The predicted octanol–water partition coefficient (Wildman–Crippen LogP) is 1.83. The van der Waals surface area contributed by atoms with E-state index in [9.17, 15) is 4.79 Å². The number of amides is 1. The minimum Gasteiger partial charge on any atom is -0.338 e. The van der Waals surface area contributed by atoms with Gasteiger partial charge in [0, 0.05) is 25.3 Å². The third-order valence-electron chi connectivity index (χ3n) is 4.09. The van der Waals surface area contributed by atoms with Crippen LogP contribution >= 0.6 is 11.8 Å². The second-order valence-corrected chi connectivity index (χ2v) is 7.14. The number of nitrogens with one attached hydrogen (secondary N) is 2. The van der Waals surface area contributed by atoms with E-state index in [1.54, 1.807) is 0 Å². The summed E-state index contributed by atoms with van der Waals surface area (Å²) in [6.07, 6.45) is 0. The Morgan fingerprint density at radius 3 is 3.00 bits per heavy atom. The average Bonchev–Trinajstić information content (AvgIpc) is 3.06. The van der Waals surface area contributed by atoms with Crippen LogP contribution in [0.15, 0.2) is 28.8 Å². The van der Waals surface area contributed by atoms with Gasteiger partial charge in [-0.2, -0.15) is 4.98 Å². The molecule has 1 aliphatic rings. The Morgan fingerprint density at radius 1 is 1.44 bits per heavy atom. The minimum absolute atomic E-state index is 0.0372. The SMILES string of the molecule is Cc1ccc(NC(=O)CSCc2nc(C3CNCCN3C)no2)cc1. The third kappa shape index (κ3) is 5.04. The number of likely N-dealkylation sites (N-methyl/N-ethyl adjacent to an activating group) is 1. The molecule has 2 heterocycles. The van der Waals surface area contributed by atoms with Crippen molar-refractivity contribution in [2.45, 2.75) is 18.7 Å². The fourth-order valence-electron chi connectivity index (χ4n) is 2.62. The highest BCUT2D eigenvalue weighted by atomic mass is 32.2. The lowest BCUT2D eigenvalue weighted by Crippen LogP contribution is -2.44. The van der Waals surface area contributed by atoms with Gasteiger partial charge in [-0.25, -0.2) is 0 Å². The normalized spacial score (nSPS) is 18.2. The molecule has 1 fully saturated rings. The standard InChI is InChI=1S/C17H23N5O2S/c1-12-3-5-13(6-4-12)19-15(23)10-25-11-16-20-17(21-24-16)14-9-18-7-8-22(14)2/h3-6,14,18H,7-11H2,1-2H3,(H,19,23). The Labute approximate surface area is 151 Å². The monoisotopic (exact) mass is 361 g/mol. The summed E-state index contributed by atoms with van der Waals surface area (Å²) in [7, 11) is 2.06. The van der Waals surface area contributed by atoms with E-state index in [2.05, 4.69) is 32.7 Å². The number of hydrogen-bond acceptors (Lipinski definition) is 7. The fourth-order valence-corrected chi connectivity index (χ4v) is 3.27. The first-order valence-electron chi connectivity index (χ1n) is 8.29. The second kappa shape index (κ2) is 8.46. The topological polar surface area (TPSA) is 83.3 Å². The number of anilines is 1. The highest BCUT2D eigenvalue weighted by Crippen LogP contribution is 2.19. The van der Waals surface area contributed by atoms with Crippen LogP contribution in [-0.2, 0) is 10.5 Å². The molecule has 1 atom stereocenters. The largest absolute Gasteiger partial charge is 0.338 e. The van der Waals surface area contributed by atoms with E-state index in [0.717, 1.165) is 25.3 Å². The van der Waals surface area contributed by atoms with E-state index in [1.807, 2.05) is 31.2 Å². The van der Waals surface area contributed by atoms with E-state index in [-0.39, 0.29) is 11.9 Å². The first-order chi connectivity index (χ1) is 12.1. The van der Waals surface area contributed by atoms with Crippen molar-refractivity contribution in [2.75, 3.05) is 37.8 Å². The predicted molar refractivity (Wildman–Crippen MR) is 98.5 cm³/mol. The Kier molecular flexibility index (Phi) is 6.06. The second-order valence-electron chi connectivity index (χ2n) is 6.15. The van der Waals surface area contributed by atoms with Crippen molar-refractivity contribution in [3.8, 4) is 0 Å². The summed E-state index contributed by atoms with van der Waals surface area (Å²) in [6.45, 7) is 4.77. The van der Waals surface area contributed by atoms with Gasteiger partial charge in [-0.1, -0.05) is 22.9 Å². The highest BCUT2D eigenvalue weighted by Gasteiger charge is 2.25. The summed E-state index contributed by atoms with van der Waals surface area (Å²) in [4.78, 5) is 18.6. The van der Waals surface area contributed by atoms with Crippen LogP contribution in [0.5, 0.6) is 0 Å². The van der Waals surface area contributed by atoms with Gasteiger partial charge in [0.25, 0.3) is 0 Å². The molecule has 134 valence electrons. The van der Waals surface area contributed by atoms with Crippen molar-refractivity contribution in [1.29, 1.82) is 0 Å².